The molecule has 0 aliphatic carbocycles. The fraction of sp³-hybridized carbons (Fsp3) is 0. The number of hydrogen-bond donors (Lipinski definition) is 1. The van der Waals surface area contributed by atoms with E-state index in [4.69, 9.17) is 0 Å². The van der Waals surface area contributed by atoms with Crippen LogP contribution in [0.2, 0.25) is 0 Å². The van der Waals surface area contributed by atoms with Crippen molar-refractivity contribution >= 4 is 12.8 Å². The molecule has 0 fully saturated rings. The van der Waals surface area contributed by atoms with Gasteiger partial charge < -0.3 is 0 Å². The minimum absolute atomic E-state index is 0.240. The molecule has 0 atom stereocenters. The molecule has 1 heterocycles. The second-order valence-corrected chi connectivity index (χ2v) is 1.74. The molecule has 3 nitrogen and oxygen atoms in total. The predicted octanol–water partition coefficient (Wildman–Crippen LogP) is -0.0638. The zero-order valence-electron chi connectivity index (χ0n) is 3.98. The Morgan fingerprint density at radius 2 is 2.50 bits per heavy atom. The van der Waals surface area contributed by atoms with E-state index in [-0.39, 0.29) is 5.56 Å². The molecular formula is C4H4N2OS. The van der Waals surface area contributed by atoms with Gasteiger partial charge in [0.1, 0.15) is 6.33 Å². The van der Waals surface area contributed by atoms with E-state index >= 15 is 0 Å². The molecule has 0 radical (unpaired) electrons. The molecule has 0 saturated carbocycles. The molecule has 1 aromatic rings. The van der Waals surface area contributed by atoms with Gasteiger partial charge in [0.05, 0.1) is 0 Å². The molecule has 0 aliphatic heterocycles. The molecule has 0 spiro atoms. The van der Waals surface area contributed by atoms with E-state index in [1.807, 2.05) is 0 Å². The van der Waals surface area contributed by atoms with Crippen LogP contribution >= 0.6 is 12.8 Å². The molecule has 42 valence electrons. The summed E-state index contributed by atoms with van der Waals surface area (Å²) >= 11 is 3.85. The summed E-state index contributed by atoms with van der Waals surface area (Å²) in [5.41, 5.74) is -0.240. The molecule has 0 N–H and O–H groups in total. The number of aromatic nitrogens is 2. The van der Waals surface area contributed by atoms with E-state index in [2.05, 4.69) is 17.8 Å². The smallest absolute Gasteiger partial charge is 0.272 e. The van der Waals surface area contributed by atoms with Crippen LogP contribution in [-0.2, 0) is 0 Å². The van der Waals surface area contributed by atoms with Crippen LogP contribution < -0.4 is 5.56 Å². The van der Waals surface area contributed by atoms with Gasteiger partial charge in [-0.3, -0.25) is 8.77 Å². The highest BCUT2D eigenvalue weighted by molar-refractivity contribution is 7.78. The first kappa shape index (κ1) is 5.37. The van der Waals surface area contributed by atoms with Gasteiger partial charge >= 0.3 is 0 Å². The van der Waals surface area contributed by atoms with Crippen molar-refractivity contribution < 1.29 is 0 Å². The van der Waals surface area contributed by atoms with Crippen molar-refractivity contribution in [2.75, 3.05) is 0 Å². The normalized spacial score (nSPS) is 9.12. The van der Waals surface area contributed by atoms with E-state index in [9.17, 15) is 4.79 Å². The fourth-order valence-electron chi connectivity index (χ4n) is 0.338. The Morgan fingerprint density at radius 1 is 1.75 bits per heavy atom. The predicted molar refractivity (Wildman–Crippen MR) is 32.9 cm³/mol. The van der Waals surface area contributed by atoms with Gasteiger partial charge in [0.15, 0.2) is 0 Å². The van der Waals surface area contributed by atoms with Crippen molar-refractivity contribution in [3.8, 4) is 0 Å². The summed E-state index contributed by atoms with van der Waals surface area (Å²) in [6.45, 7) is 0. The average molecular weight is 128 g/mol. The van der Waals surface area contributed by atoms with Crippen LogP contribution in [0.5, 0.6) is 0 Å². The minimum atomic E-state index is -0.240. The van der Waals surface area contributed by atoms with Gasteiger partial charge in [-0.1, -0.05) is 12.8 Å². The molecule has 0 saturated heterocycles. The van der Waals surface area contributed by atoms with E-state index in [1.165, 1.54) is 22.6 Å². The van der Waals surface area contributed by atoms with Gasteiger partial charge in [0.2, 0.25) is 0 Å². The largest absolute Gasteiger partial charge is 0.284 e. The fourth-order valence-corrected chi connectivity index (χ4v) is 0.456. The lowest BCUT2D eigenvalue weighted by atomic mass is 10.7. The van der Waals surface area contributed by atoms with Crippen LogP contribution in [0.15, 0.2) is 23.4 Å². The molecular weight excluding hydrogens is 124 g/mol. The Balaban J connectivity index is 3.22. The highest BCUT2D eigenvalue weighted by Gasteiger charge is 1.78. The lowest BCUT2D eigenvalue weighted by Crippen LogP contribution is -2.03. The third-order valence-corrected chi connectivity index (χ3v) is 0.910. The number of rotatable bonds is 0. The van der Waals surface area contributed by atoms with Crippen LogP contribution in [0.1, 0.15) is 0 Å². The monoisotopic (exact) mass is 128 g/mol. The number of hydrogen-bond acceptors (Lipinski definition) is 3. The summed E-state index contributed by atoms with van der Waals surface area (Å²) in [6.07, 6.45) is 2.86. The van der Waals surface area contributed by atoms with E-state index in [1.54, 1.807) is 0 Å². The third-order valence-electron chi connectivity index (χ3n) is 0.673. The molecule has 4 heteroatoms. The lowest BCUT2D eigenvalue weighted by molar-refractivity contribution is 1.08. The van der Waals surface area contributed by atoms with E-state index in [0.29, 0.717) is 0 Å². The Hall–Kier alpha value is -0.770. The van der Waals surface area contributed by atoms with Crippen LogP contribution in [0.3, 0.4) is 0 Å². The molecule has 8 heavy (non-hydrogen) atoms. The SMILES string of the molecule is O=c1ccn(S)cn1. The quantitative estimate of drug-likeness (QED) is 0.496. The number of thiol groups is 1. The Kier molecular flexibility index (Phi) is 1.34. The molecule has 0 aliphatic rings. The Morgan fingerprint density at radius 3 is 2.88 bits per heavy atom. The van der Waals surface area contributed by atoms with Crippen molar-refractivity contribution in [3.63, 3.8) is 0 Å². The van der Waals surface area contributed by atoms with Crippen molar-refractivity contribution in [1.82, 2.24) is 8.96 Å². The maximum Gasteiger partial charge on any atom is 0.272 e. The van der Waals surface area contributed by atoms with Crippen molar-refractivity contribution in [2.24, 2.45) is 0 Å². The summed E-state index contributed by atoms with van der Waals surface area (Å²) in [6, 6.07) is 1.34. The Labute approximate surface area is 51.5 Å². The molecule has 0 aromatic carbocycles. The highest BCUT2D eigenvalue weighted by atomic mass is 32.1. The minimum Gasteiger partial charge on any atom is -0.284 e. The molecule has 0 bridgehead atoms. The summed E-state index contributed by atoms with van der Waals surface area (Å²) in [4.78, 5) is 13.7. The van der Waals surface area contributed by atoms with Crippen LogP contribution in [0.25, 0.3) is 0 Å². The van der Waals surface area contributed by atoms with E-state index < -0.39 is 0 Å². The summed E-state index contributed by atoms with van der Waals surface area (Å²) in [7, 11) is 0. The third kappa shape index (κ3) is 1.10. The number of nitrogens with zero attached hydrogens (tertiary/aromatic N) is 2. The Bertz CT molecular complexity index is 211. The van der Waals surface area contributed by atoms with Crippen molar-refractivity contribution in [2.45, 2.75) is 0 Å². The van der Waals surface area contributed by atoms with Gasteiger partial charge in [-0.15, -0.1) is 0 Å². The first-order valence-electron chi connectivity index (χ1n) is 2.02. The topological polar surface area (TPSA) is 34.9 Å². The zero-order valence-corrected chi connectivity index (χ0v) is 4.88. The van der Waals surface area contributed by atoms with Crippen LogP contribution in [0.4, 0.5) is 0 Å². The van der Waals surface area contributed by atoms with Gasteiger partial charge in [0.25, 0.3) is 5.56 Å². The van der Waals surface area contributed by atoms with Crippen LogP contribution in [-0.4, -0.2) is 8.96 Å². The lowest BCUT2D eigenvalue weighted by Gasteiger charge is -1.87. The second-order valence-electron chi connectivity index (χ2n) is 1.28. The van der Waals surface area contributed by atoms with Crippen molar-refractivity contribution in [3.05, 3.63) is 28.9 Å². The highest BCUT2D eigenvalue weighted by Crippen LogP contribution is 1.79. The summed E-state index contributed by atoms with van der Waals surface area (Å²) in [5, 5.41) is 0. The molecule has 1 rings (SSSR count). The standard InChI is InChI=1S/C4H4N2OS/c7-4-1-2-6(8)3-5-4/h1-3,8H. The van der Waals surface area contributed by atoms with E-state index in [0.717, 1.165) is 0 Å². The van der Waals surface area contributed by atoms with Gasteiger partial charge in [-0.2, -0.15) is 4.98 Å². The van der Waals surface area contributed by atoms with Gasteiger partial charge in [-0.05, 0) is 0 Å². The van der Waals surface area contributed by atoms with Gasteiger partial charge in [-0.25, -0.2) is 0 Å². The first-order chi connectivity index (χ1) is 3.79. The van der Waals surface area contributed by atoms with Crippen molar-refractivity contribution in [1.29, 1.82) is 0 Å². The summed E-state index contributed by atoms with van der Waals surface area (Å²) in [5.74, 6) is 0. The molecule has 0 unspecified atom stereocenters. The maximum atomic E-state index is 10.3. The summed E-state index contributed by atoms with van der Waals surface area (Å²) < 4.78 is 1.40. The van der Waals surface area contributed by atoms with Gasteiger partial charge in [0, 0.05) is 12.3 Å². The molecule has 1 aromatic heterocycles. The van der Waals surface area contributed by atoms with Crippen LogP contribution in [0, 0.1) is 0 Å². The average Bonchev–Trinajstić information content (AvgIpc) is 1.77. The first-order valence-corrected chi connectivity index (χ1v) is 2.42. The maximum absolute atomic E-state index is 10.3. The molecule has 0 amide bonds. The second kappa shape index (κ2) is 2.00. The zero-order chi connectivity index (χ0) is 5.98.